The first-order valence-corrected chi connectivity index (χ1v) is 8.08. The molecule has 1 nitrogen and oxygen atoms in total. The average molecular weight is 330 g/mol. The first kappa shape index (κ1) is 10.9. The number of halogens is 1. The number of fused-ring (bicyclic) bond motifs is 1. The van der Waals surface area contributed by atoms with Crippen LogP contribution in [0, 0.1) is 0 Å². The minimum Gasteiger partial charge on any atom is -0.319 e. The molecule has 82 valence electrons. The van der Waals surface area contributed by atoms with Crippen LogP contribution in [0.15, 0.2) is 33.4 Å². The van der Waals surface area contributed by atoms with E-state index in [0.29, 0.717) is 0 Å². The van der Waals surface area contributed by atoms with Gasteiger partial charge in [0.1, 0.15) is 0 Å². The Morgan fingerprint density at radius 3 is 2.62 bits per heavy atom. The molecule has 3 aromatic rings. The molecule has 0 bridgehead atoms. The van der Waals surface area contributed by atoms with Crippen LogP contribution >= 0.6 is 49.9 Å². The van der Waals surface area contributed by atoms with E-state index in [-0.39, 0.29) is 6.04 Å². The van der Waals surface area contributed by atoms with E-state index in [0.717, 1.165) is 4.47 Å². The molecule has 0 saturated carbocycles. The van der Waals surface area contributed by atoms with Crippen LogP contribution in [0.1, 0.15) is 15.8 Å². The van der Waals surface area contributed by atoms with Gasteiger partial charge in [0, 0.05) is 23.6 Å². The van der Waals surface area contributed by atoms with Crippen molar-refractivity contribution >= 4 is 59.3 Å². The van der Waals surface area contributed by atoms with Crippen molar-refractivity contribution in [3.8, 4) is 0 Å². The second kappa shape index (κ2) is 4.23. The zero-order valence-electron chi connectivity index (χ0n) is 8.14. The van der Waals surface area contributed by atoms with Crippen molar-refractivity contribution in [1.82, 2.24) is 0 Å². The molecule has 0 saturated heterocycles. The lowest BCUT2D eigenvalue weighted by Gasteiger charge is -2.07. The van der Waals surface area contributed by atoms with Gasteiger partial charge in [-0.05, 0) is 44.9 Å². The SMILES string of the molecule is NC(c1cc2sccc2s1)c1sccc1Br. The quantitative estimate of drug-likeness (QED) is 0.715. The van der Waals surface area contributed by atoms with Crippen molar-refractivity contribution in [3.63, 3.8) is 0 Å². The van der Waals surface area contributed by atoms with E-state index >= 15 is 0 Å². The Kier molecular flexibility index (Phi) is 2.89. The van der Waals surface area contributed by atoms with Crippen LogP contribution in [0.2, 0.25) is 0 Å². The van der Waals surface area contributed by atoms with Crippen molar-refractivity contribution in [2.45, 2.75) is 6.04 Å². The monoisotopic (exact) mass is 329 g/mol. The molecule has 0 fully saturated rings. The lowest BCUT2D eigenvalue weighted by Crippen LogP contribution is -2.08. The molecule has 0 aliphatic heterocycles. The highest BCUT2D eigenvalue weighted by Crippen LogP contribution is 2.38. The molecule has 1 atom stereocenters. The summed E-state index contributed by atoms with van der Waals surface area (Å²) in [5.74, 6) is 0. The van der Waals surface area contributed by atoms with Gasteiger partial charge in [0.05, 0.1) is 6.04 Å². The van der Waals surface area contributed by atoms with Gasteiger partial charge in [0.25, 0.3) is 0 Å². The highest BCUT2D eigenvalue weighted by atomic mass is 79.9. The van der Waals surface area contributed by atoms with E-state index in [1.165, 1.54) is 19.2 Å². The summed E-state index contributed by atoms with van der Waals surface area (Å²) in [7, 11) is 0. The van der Waals surface area contributed by atoms with E-state index in [1.807, 2.05) is 0 Å². The van der Waals surface area contributed by atoms with E-state index < -0.39 is 0 Å². The van der Waals surface area contributed by atoms with Gasteiger partial charge < -0.3 is 5.73 Å². The number of thiophene rings is 3. The zero-order chi connectivity index (χ0) is 11.1. The Morgan fingerprint density at radius 1 is 1.12 bits per heavy atom. The van der Waals surface area contributed by atoms with E-state index in [9.17, 15) is 0 Å². The van der Waals surface area contributed by atoms with Crippen LogP contribution in [0.3, 0.4) is 0 Å². The lowest BCUT2D eigenvalue weighted by molar-refractivity contribution is 0.913. The molecule has 0 spiro atoms. The van der Waals surface area contributed by atoms with E-state index in [1.54, 1.807) is 34.0 Å². The van der Waals surface area contributed by atoms with E-state index in [2.05, 4.69) is 44.9 Å². The second-order valence-electron chi connectivity index (χ2n) is 3.41. The summed E-state index contributed by atoms with van der Waals surface area (Å²) in [5.41, 5.74) is 6.28. The van der Waals surface area contributed by atoms with Crippen LogP contribution in [0.5, 0.6) is 0 Å². The molecule has 3 rings (SSSR count). The number of hydrogen-bond donors (Lipinski definition) is 1. The number of hydrogen-bond acceptors (Lipinski definition) is 4. The first-order chi connectivity index (χ1) is 7.75. The lowest BCUT2D eigenvalue weighted by atomic mass is 10.2. The highest BCUT2D eigenvalue weighted by molar-refractivity contribution is 9.10. The maximum atomic E-state index is 6.28. The Balaban J connectivity index is 2.04. The zero-order valence-corrected chi connectivity index (χ0v) is 12.2. The fourth-order valence-corrected chi connectivity index (χ4v) is 5.44. The standard InChI is InChI=1S/C11H8BrNS3/c12-6-1-3-15-11(6)10(13)9-5-8-7(16-9)2-4-14-8/h1-5,10H,13H2. The molecule has 5 heteroatoms. The largest absolute Gasteiger partial charge is 0.319 e. The molecule has 0 aliphatic rings. The fourth-order valence-electron chi connectivity index (χ4n) is 1.59. The maximum Gasteiger partial charge on any atom is 0.0752 e. The predicted molar refractivity (Wildman–Crippen MR) is 77.8 cm³/mol. The van der Waals surface area contributed by atoms with Crippen molar-refractivity contribution in [1.29, 1.82) is 0 Å². The Hall–Kier alpha value is -0.200. The smallest absolute Gasteiger partial charge is 0.0752 e. The van der Waals surface area contributed by atoms with Crippen LogP contribution in [-0.2, 0) is 0 Å². The molecule has 0 aliphatic carbocycles. The predicted octanol–water partition coefficient (Wildman–Crippen LogP) is 4.83. The van der Waals surface area contributed by atoms with Gasteiger partial charge in [-0.15, -0.1) is 34.0 Å². The summed E-state index contributed by atoms with van der Waals surface area (Å²) in [4.78, 5) is 2.44. The molecule has 3 heterocycles. The average Bonchev–Trinajstić information content (AvgIpc) is 2.89. The third-order valence-electron chi connectivity index (χ3n) is 2.39. The third kappa shape index (κ3) is 1.76. The second-order valence-corrected chi connectivity index (χ2v) is 7.27. The molecule has 3 aromatic heterocycles. The summed E-state index contributed by atoms with van der Waals surface area (Å²) in [6, 6.07) is 6.42. The normalized spacial score (nSPS) is 13.4. The van der Waals surface area contributed by atoms with Crippen LogP contribution in [0.25, 0.3) is 9.40 Å². The molecular formula is C11H8BrNS3. The Morgan fingerprint density at radius 2 is 1.94 bits per heavy atom. The molecule has 0 radical (unpaired) electrons. The van der Waals surface area contributed by atoms with Gasteiger partial charge in [-0.25, -0.2) is 0 Å². The van der Waals surface area contributed by atoms with Crippen LogP contribution in [0.4, 0.5) is 0 Å². The van der Waals surface area contributed by atoms with Crippen LogP contribution < -0.4 is 5.73 Å². The van der Waals surface area contributed by atoms with Crippen molar-refractivity contribution in [3.05, 3.63) is 43.2 Å². The Bertz CT molecular complexity index is 593. The van der Waals surface area contributed by atoms with Gasteiger partial charge in [0.2, 0.25) is 0 Å². The van der Waals surface area contributed by atoms with Crippen molar-refractivity contribution in [2.24, 2.45) is 5.73 Å². The highest BCUT2D eigenvalue weighted by Gasteiger charge is 2.16. The van der Waals surface area contributed by atoms with Gasteiger partial charge in [-0.1, -0.05) is 0 Å². The summed E-state index contributed by atoms with van der Waals surface area (Å²) >= 11 is 8.80. The number of rotatable bonds is 2. The van der Waals surface area contributed by atoms with E-state index in [4.69, 9.17) is 5.73 Å². The summed E-state index contributed by atoms with van der Waals surface area (Å²) in [5, 5.41) is 4.19. The molecule has 0 amide bonds. The van der Waals surface area contributed by atoms with Gasteiger partial charge in [-0.2, -0.15) is 0 Å². The summed E-state index contributed by atoms with van der Waals surface area (Å²) in [6.45, 7) is 0. The van der Waals surface area contributed by atoms with Gasteiger partial charge in [-0.3, -0.25) is 0 Å². The van der Waals surface area contributed by atoms with Gasteiger partial charge in [0.15, 0.2) is 0 Å². The topological polar surface area (TPSA) is 26.0 Å². The minimum absolute atomic E-state index is 0.000949. The molecular weight excluding hydrogens is 322 g/mol. The third-order valence-corrected chi connectivity index (χ3v) is 6.52. The maximum absolute atomic E-state index is 6.28. The fraction of sp³-hybridized carbons (Fsp3) is 0.0909. The summed E-state index contributed by atoms with van der Waals surface area (Å²) < 4.78 is 3.79. The van der Waals surface area contributed by atoms with Crippen LogP contribution in [-0.4, -0.2) is 0 Å². The molecule has 1 unspecified atom stereocenters. The molecule has 0 aromatic carbocycles. The molecule has 2 N–H and O–H groups in total. The first-order valence-electron chi connectivity index (χ1n) is 4.71. The van der Waals surface area contributed by atoms with Gasteiger partial charge >= 0.3 is 0 Å². The number of nitrogens with two attached hydrogens (primary N) is 1. The molecule has 16 heavy (non-hydrogen) atoms. The summed E-state index contributed by atoms with van der Waals surface area (Å²) in [6.07, 6.45) is 0. The van der Waals surface area contributed by atoms with Crippen molar-refractivity contribution < 1.29 is 0 Å². The Labute approximate surface area is 114 Å². The van der Waals surface area contributed by atoms with Crippen molar-refractivity contribution in [2.75, 3.05) is 0 Å². The minimum atomic E-state index is -0.000949.